The fourth-order valence-corrected chi connectivity index (χ4v) is 2.89. The van der Waals surface area contributed by atoms with Gasteiger partial charge < -0.3 is 0 Å². The van der Waals surface area contributed by atoms with Crippen LogP contribution in [-0.2, 0) is 4.79 Å². The lowest BCUT2D eigenvalue weighted by atomic mass is 9.90. The Morgan fingerprint density at radius 3 is 2.58 bits per heavy atom. The summed E-state index contributed by atoms with van der Waals surface area (Å²) in [6.07, 6.45) is 8.60. The van der Waals surface area contributed by atoms with Gasteiger partial charge in [0.05, 0.1) is 0 Å². The Labute approximate surface area is 117 Å². The van der Waals surface area contributed by atoms with E-state index >= 15 is 0 Å². The zero-order chi connectivity index (χ0) is 14.2. The second-order valence-electron chi connectivity index (χ2n) is 6.86. The molecule has 0 bridgehead atoms. The lowest BCUT2D eigenvalue weighted by Gasteiger charge is -2.33. The van der Waals surface area contributed by atoms with E-state index in [2.05, 4.69) is 31.1 Å². The van der Waals surface area contributed by atoms with Crippen molar-refractivity contribution < 1.29 is 4.79 Å². The molecule has 2 rings (SSSR count). The van der Waals surface area contributed by atoms with Crippen LogP contribution < -0.4 is 0 Å². The van der Waals surface area contributed by atoms with Gasteiger partial charge in [0.15, 0.2) is 0 Å². The van der Waals surface area contributed by atoms with Crippen molar-refractivity contribution in [3.8, 4) is 0 Å². The van der Waals surface area contributed by atoms with Crippen LogP contribution in [0.4, 0.5) is 0 Å². The predicted octanol–water partition coefficient (Wildman–Crippen LogP) is 3.00. The molecule has 3 heteroatoms. The van der Waals surface area contributed by atoms with Crippen LogP contribution in [0, 0.1) is 11.3 Å². The Balaban J connectivity index is 2.22. The molecule has 0 radical (unpaired) electrons. The first kappa shape index (κ1) is 14.3. The van der Waals surface area contributed by atoms with Crippen molar-refractivity contribution in [2.45, 2.75) is 46.6 Å². The van der Waals surface area contributed by atoms with Gasteiger partial charge in [-0.15, -0.1) is 0 Å². The first-order valence-corrected chi connectivity index (χ1v) is 7.23. The molecule has 1 amide bonds. The fourth-order valence-electron chi connectivity index (χ4n) is 2.89. The molecule has 0 N–H and O–H groups in total. The van der Waals surface area contributed by atoms with Crippen molar-refractivity contribution >= 4 is 5.91 Å². The highest BCUT2D eigenvalue weighted by molar-refractivity contribution is 5.83. The van der Waals surface area contributed by atoms with Crippen LogP contribution in [0.5, 0.6) is 0 Å². The van der Waals surface area contributed by atoms with Gasteiger partial charge in [-0.05, 0) is 37.9 Å². The minimum atomic E-state index is -0.339. The van der Waals surface area contributed by atoms with Crippen LogP contribution in [0.15, 0.2) is 24.0 Å². The lowest BCUT2D eigenvalue weighted by molar-refractivity contribution is -0.134. The third-order valence-electron chi connectivity index (χ3n) is 4.13. The number of allylic oxidation sites excluding steroid dienone is 1. The Kier molecular flexibility index (Phi) is 3.86. The van der Waals surface area contributed by atoms with E-state index in [0.29, 0.717) is 12.0 Å². The lowest BCUT2D eigenvalue weighted by Crippen LogP contribution is -2.37. The number of hydrogen-bond acceptors (Lipinski definition) is 2. The highest BCUT2D eigenvalue weighted by Crippen LogP contribution is 2.31. The molecular formula is C16H26N2O. The smallest absolute Gasteiger partial charge is 0.235 e. The molecule has 2 atom stereocenters. The molecule has 2 aliphatic rings. The van der Waals surface area contributed by atoms with E-state index in [4.69, 9.17) is 0 Å². The molecule has 19 heavy (non-hydrogen) atoms. The SMILES string of the molecule is C[C@@H]1C=CN(C(=O)C(C)(C)C)C=C1[C@@H]1CCCN1C. The summed E-state index contributed by atoms with van der Waals surface area (Å²) in [5, 5.41) is 0. The van der Waals surface area contributed by atoms with Crippen molar-refractivity contribution in [2.75, 3.05) is 13.6 Å². The van der Waals surface area contributed by atoms with Crippen LogP contribution in [-0.4, -0.2) is 35.3 Å². The number of carbonyl (C=O) groups excluding carboxylic acids is 1. The molecule has 106 valence electrons. The van der Waals surface area contributed by atoms with Gasteiger partial charge in [0.1, 0.15) is 0 Å². The number of rotatable bonds is 1. The van der Waals surface area contributed by atoms with Crippen molar-refractivity contribution in [1.29, 1.82) is 0 Å². The van der Waals surface area contributed by atoms with Gasteiger partial charge in [-0.1, -0.05) is 33.8 Å². The first-order chi connectivity index (χ1) is 8.80. The van der Waals surface area contributed by atoms with Crippen LogP contribution in [0.25, 0.3) is 0 Å². The quantitative estimate of drug-likeness (QED) is 0.725. The minimum absolute atomic E-state index is 0.161. The Hall–Kier alpha value is -1.09. The summed E-state index contributed by atoms with van der Waals surface area (Å²) >= 11 is 0. The Morgan fingerprint density at radius 2 is 2.05 bits per heavy atom. The maximum absolute atomic E-state index is 12.4. The van der Waals surface area contributed by atoms with Crippen LogP contribution in [0.2, 0.25) is 0 Å². The van der Waals surface area contributed by atoms with Crippen molar-refractivity contribution in [3.05, 3.63) is 24.0 Å². The molecule has 2 aliphatic heterocycles. The summed E-state index contributed by atoms with van der Waals surface area (Å²) in [5.41, 5.74) is 1.04. The van der Waals surface area contributed by atoms with Crippen LogP contribution in [0.1, 0.15) is 40.5 Å². The van der Waals surface area contributed by atoms with Crippen LogP contribution in [0.3, 0.4) is 0 Å². The summed E-state index contributed by atoms with van der Waals surface area (Å²) in [6.45, 7) is 9.28. The number of likely N-dealkylation sites (tertiary alicyclic amines) is 1. The average Bonchev–Trinajstić information content (AvgIpc) is 2.74. The number of hydrogen-bond donors (Lipinski definition) is 0. The number of nitrogens with zero attached hydrogens (tertiary/aromatic N) is 2. The summed E-state index contributed by atoms with van der Waals surface area (Å²) in [7, 11) is 2.18. The maximum Gasteiger partial charge on any atom is 0.235 e. The molecule has 0 spiro atoms. The van der Waals surface area contributed by atoms with E-state index in [1.807, 2.05) is 27.0 Å². The molecule has 0 saturated carbocycles. The summed E-state index contributed by atoms with van der Waals surface area (Å²) in [6, 6.07) is 0.496. The molecule has 1 saturated heterocycles. The topological polar surface area (TPSA) is 23.6 Å². The van der Waals surface area contributed by atoms with E-state index in [1.165, 1.54) is 18.4 Å². The van der Waals surface area contributed by atoms with E-state index in [1.54, 1.807) is 4.90 Å². The van der Waals surface area contributed by atoms with Gasteiger partial charge in [0.25, 0.3) is 0 Å². The summed E-state index contributed by atoms with van der Waals surface area (Å²) < 4.78 is 0. The molecule has 0 unspecified atom stereocenters. The molecule has 0 aromatic rings. The van der Waals surface area contributed by atoms with Gasteiger partial charge in [-0.2, -0.15) is 0 Å². The fraction of sp³-hybridized carbons (Fsp3) is 0.688. The molecular weight excluding hydrogens is 236 g/mol. The summed E-state index contributed by atoms with van der Waals surface area (Å²) in [4.78, 5) is 16.6. The van der Waals surface area contributed by atoms with Crippen molar-refractivity contribution in [2.24, 2.45) is 11.3 Å². The average molecular weight is 262 g/mol. The first-order valence-electron chi connectivity index (χ1n) is 7.23. The molecule has 2 heterocycles. The van der Waals surface area contributed by atoms with Gasteiger partial charge in [-0.25, -0.2) is 0 Å². The van der Waals surface area contributed by atoms with Gasteiger partial charge in [0, 0.05) is 23.9 Å². The number of carbonyl (C=O) groups is 1. The molecule has 0 aromatic heterocycles. The number of likely N-dealkylation sites (N-methyl/N-ethyl adjacent to an activating group) is 1. The zero-order valence-corrected chi connectivity index (χ0v) is 12.8. The minimum Gasteiger partial charge on any atom is -0.300 e. The third kappa shape index (κ3) is 2.92. The molecule has 0 aliphatic carbocycles. The maximum atomic E-state index is 12.4. The van der Waals surface area contributed by atoms with E-state index in [9.17, 15) is 4.79 Å². The molecule has 0 aromatic carbocycles. The zero-order valence-electron chi connectivity index (χ0n) is 12.8. The molecule has 1 fully saturated rings. The monoisotopic (exact) mass is 262 g/mol. The highest BCUT2D eigenvalue weighted by Gasteiger charge is 2.32. The van der Waals surface area contributed by atoms with Gasteiger partial charge in [-0.3, -0.25) is 14.6 Å². The number of amides is 1. The van der Waals surface area contributed by atoms with Gasteiger partial charge in [0.2, 0.25) is 5.91 Å². The van der Waals surface area contributed by atoms with Crippen LogP contribution >= 0.6 is 0 Å². The second kappa shape index (κ2) is 5.12. The standard InChI is InChI=1S/C16H26N2O/c1-12-8-10-18(15(19)16(2,3)4)11-13(12)14-7-6-9-17(14)5/h8,10-12,14H,6-7,9H2,1-5H3/t12-,14+/m1/s1. The van der Waals surface area contributed by atoms with E-state index < -0.39 is 0 Å². The predicted molar refractivity (Wildman–Crippen MR) is 78.3 cm³/mol. The molecule has 3 nitrogen and oxygen atoms in total. The van der Waals surface area contributed by atoms with Crippen molar-refractivity contribution in [3.63, 3.8) is 0 Å². The highest BCUT2D eigenvalue weighted by atomic mass is 16.2. The largest absolute Gasteiger partial charge is 0.300 e. The summed E-state index contributed by atoms with van der Waals surface area (Å²) in [5.74, 6) is 0.586. The van der Waals surface area contributed by atoms with Gasteiger partial charge >= 0.3 is 0 Å². The third-order valence-corrected chi connectivity index (χ3v) is 4.13. The Morgan fingerprint density at radius 1 is 1.37 bits per heavy atom. The van der Waals surface area contributed by atoms with E-state index in [-0.39, 0.29) is 11.3 Å². The second-order valence-corrected chi connectivity index (χ2v) is 6.86. The normalized spacial score (nSPS) is 28.7. The van der Waals surface area contributed by atoms with Crippen molar-refractivity contribution in [1.82, 2.24) is 9.80 Å². The van der Waals surface area contributed by atoms with E-state index in [0.717, 1.165) is 6.54 Å². The Bertz CT molecular complexity index is 417.